The lowest BCUT2D eigenvalue weighted by Crippen LogP contribution is -1.98. The zero-order valence-corrected chi connectivity index (χ0v) is 32.2. The standard InChI is InChI=1S/C55H44N2/c1-3-4-7-18-39(2)50-33-34-53-54(55(50)56-48-29-16-27-46(37-48)44-25-14-23-42(35-44)40-19-8-5-9-20-40)51-31-12-13-32-52(51)57(53)49-30-17-28-47(38-49)45-26-15-24-43(36-45)41-21-10-6-11-22-41/h3-4,6-8,10-38,56H,2,5,9H2,1H3/b4-3-,18-7-. The molecule has 57 heavy (non-hydrogen) atoms. The van der Waals surface area contributed by atoms with Crippen LogP contribution in [0.4, 0.5) is 11.4 Å². The maximum atomic E-state index is 4.57. The van der Waals surface area contributed by atoms with Crippen LogP contribution in [-0.4, -0.2) is 4.57 Å². The van der Waals surface area contributed by atoms with Gasteiger partial charge in [0, 0.05) is 27.7 Å². The van der Waals surface area contributed by atoms with Crippen molar-refractivity contribution in [3.63, 3.8) is 0 Å². The first-order chi connectivity index (χ1) is 28.1. The van der Waals surface area contributed by atoms with E-state index in [1.807, 2.05) is 19.1 Å². The number of para-hydroxylation sites is 1. The van der Waals surface area contributed by atoms with Crippen LogP contribution in [0.15, 0.2) is 213 Å². The van der Waals surface area contributed by atoms with Gasteiger partial charge in [-0.3, -0.25) is 0 Å². The number of anilines is 2. The Morgan fingerprint density at radius 1 is 0.579 bits per heavy atom. The van der Waals surface area contributed by atoms with Gasteiger partial charge in [0.05, 0.1) is 16.7 Å². The predicted octanol–water partition coefficient (Wildman–Crippen LogP) is 15.4. The largest absolute Gasteiger partial charge is 0.354 e. The minimum absolute atomic E-state index is 0.937. The number of benzene rings is 7. The summed E-state index contributed by atoms with van der Waals surface area (Å²) in [5.74, 6) is 0. The van der Waals surface area contributed by atoms with E-state index in [0.717, 1.165) is 57.5 Å². The number of hydrogen-bond acceptors (Lipinski definition) is 1. The number of fused-ring (bicyclic) bond motifs is 3. The second-order valence-electron chi connectivity index (χ2n) is 14.6. The summed E-state index contributed by atoms with van der Waals surface area (Å²) in [6.45, 7) is 6.60. The normalized spacial score (nSPS) is 12.8. The van der Waals surface area contributed by atoms with Crippen molar-refractivity contribution in [3.8, 4) is 39.1 Å². The van der Waals surface area contributed by atoms with Crippen molar-refractivity contribution < 1.29 is 0 Å². The second-order valence-corrected chi connectivity index (χ2v) is 14.6. The highest BCUT2D eigenvalue weighted by atomic mass is 15.0. The molecule has 0 radical (unpaired) electrons. The summed E-state index contributed by atoms with van der Waals surface area (Å²) in [6.07, 6.45) is 17.3. The molecule has 8 aromatic rings. The Morgan fingerprint density at radius 3 is 2.00 bits per heavy atom. The lowest BCUT2D eigenvalue weighted by Gasteiger charge is -2.17. The first-order valence-corrected chi connectivity index (χ1v) is 19.8. The van der Waals surface area contributed by atoms with Gasteiger partial charge in [0.2, 0.25) is 0 Å². The molecule has 0 aliphatic heterocycles. The monoisotopic (exact) mass is 732 g/mol. The van der Waals surface area contributed by atoms with E-state index in [2.05, 4.69) is 211 Å². The predicted molar refractivity (Wildman–Crippen MR) is 246 cm³/mol. The molecule has 0 saturated carbocycles. The number of aromatic nitrogens is 1. The molecule has 1 heterocycles. The van der Waals surface area contributed by atoms with Crippen LogP contribution < -0.4 is 5.32 Å². The highest BCUT2D eigenvalue weighted by Crippen LogP contribution is 2.42. The second kappa shape index (κ2) is 15.9. The third-order valence-electron chi connectivity index (χ3n) is 10.8. The fraction of sp³-hybridized carbons (Fsp3) is 0.0545. The van der Waals surface area contributed by atoms with Crippen LogP contribution in [-0.2, 0) is 0 Å². The van der Waals surface area contributed by atoms with Crippen molar-refractivity contribution in [3.05, 3.63) is 224 Å². The summed E-state index contributed by atoms with van der Waals surface area (Å²) in [6, 6.07) is 59.2. The maximum Gasteiger partial charge on any atom is 0.0565 e. The highest BCUT2D eigenvalue weighted by molar-refractivity contribution is 6.17. The summed E-state index contributed by atoms with van der Waals surface area (Å²) < 4.78 is 2.40. The van der Waals surface area contributed by atoms with Crippen molar-refractivity contribution >= 4 is 44.3 Å². The first-order valence-electron chi connectivity index (χ1n) is 19.8. The van der Waals surface area contributed by atoms with Crippen molar-refractivity contribution in [2.24, 2.45) is 0 Å². The summed E-state index contributed by atoms with van der Waals surface area (Å²) in [4.78, 5) is 0. The van der Waals surface area contributed by atoms with Gasteiger partial charge in [-0.25, -0.2) is 0 Å². The molecule has 1 N–H and O–H groups in total. The van der Waals surface area contributed by atoms with Gasteiger partial charge < -0.3 is 9.88 Å². The Hall–Kier alpha value is -7.16. The molecule has 0 unspecified atom stereocenters. The number of rotatable bonds is 10. The minimum atomic E-state index is 0.937. The van der Waals surface area contributed by atoms with Crippen molar-refractivity contribution in [2.75, 3.05) is 5.32 Å². The Bertz CT molecular complexity index is 2900. The number of nitrogens with one attached hydrogen (secondary N) is 1. The van der Waals surface area contributed by atoms with E-state index in [0.29, 0.717) is 0 Å². The minimum Gasteiger partial charge on any atom is -0.354 e. The van der Waals surface area contributed by atoms with Crippen LogP contribution >= 0.6 is 0 Å². The number of hydrogen-bond donors (Lipinski definition) is 1. The molecule has 274 valence electrons. The van der Waals surface area contributed by atoms with E-state index in [-0.39, 0.29) is 0 Å². The van der Waals surface area contributed by atoms with Crippen LogP contribution in [0.5, 0.6) is 0 Å². The average Bonchev–Trinajstić information content (AvgIpc) is 3.62. The van der Waals surface area contributed by atoms with Crippen LogP contribution in [0.25, 0.3) is 72.0 Å². The summed E-state index contributed by atoms with van der Waals surface area (Å²) in [7, 11) is 0. The smallest absolute Gasteiger partial charge is 0.0565 e. The van der Waals surface area contributed by atoms with Crippen molar-refractivity contribution in [1.29, 1.82) is 0 Å². The molecule has 2 heteroatoms. The number of allylic oxidation sites excluding steroid dienone is 9. The molecule has 0 amide bonds. The van der Waals surface area contributed by atoms with Gasteiger partial charge in [-0.1, -0.05) is 164 Å². The van der Waals surface area contributed by atoms with E-state index < -0.39 is 0 Å². The molecule has 9 rings (SSSR count). The zero-order valence-electron chi connectivity index (χ0n) is 32.2. The van der Waals surface area contributed by atoms with Crippen LogP contribution in [0, 0.1) is 0 Å². The third-order valence-corrected chi connectivity index (χ3v) is 10.8. The molecule has 0 atom stereocenters. The van der Waals surface area contributed by atoms with E-state index in [4.69, 9.17) is 0 Å². The van der Waals surface area contributed by atoms with Gasteiger partial charge in [-0.2, -0.15) is 0 Å². The molecule has 0 bridgehead atoms. The molecule has 0 saturated heterocycles. The van der Waals surface area contributed by atoms with Crippen LogP contribution in [0.3, 0.4) is 0 Å². The summed E-state index contributed by atoms with van der Waals surface area (Å²) >= 11 is 0. The van der Waals surface area contributed by atoms with E-state index >= 15 is 0 Å². The van der Waals surface area contributed by atoms with Crippen molar-refractivity contribution in [2.45, 2.75) is 19.8 Å². The highest BCUT2D eigenvalue weighted by Gasteiger charge is 2.19. The van der Waals surface area contributed by atoms with Gasteiger partial charge in [0.15, 0.2) is 0 Å². The van der Waals surface area contributed by atoms with Crippen molar-refractivity contribution in [1.82, 2.24) is 4.57 Å². The Morgan fingerprint density at radius 2 is 1.23 bits per heavy atom. The van der Waals surface area contributed by atoms with E-state index in [9.17, 15) is 0 Å². The fourth-order valence-electron chi connectivity index (χ4n) is 8.07. The lowest BCUT2D eigenvalue weighted by molar-refractivity contribution is 1.04. The van der Waals surface area contributed by atoms with E-state index in [1.165, 1.54) is 49.9 Å². The maximum absolute atomic E-state index is 4.57. The van der Waals surface area contributed by atoms with Gasteiger partial charge in [-0.15, -0.1) is 0 Å². The van der Waals surface area contributed by atoms with Gasteiger partial charge in [0.1, 0.15) is 0 Å². The molecule has 1 aliphatic rings. The van der Waals surface area contributed by atoms with E-state index in [1.54, 1.807) is 0 Å². The first kappa shape index (κ1) is 35.5. The van der Waals surface area contributed by atoms with Crippen LogP contribution in [0.2, 0.25) is 0 Å². The molecule has 7 aromatic carbocycles. The Kier molecular flexibility index (Phi) is 9.91. The summed E-state index contributed by atoms with van der Waals surface area (Å²) in [5, 5.41) is 6.28. The summed E-state index contributed by atoms with van der Waals surface area (Å²) in [5.41, 5.74) is 17.1. The molecule has 2 nitrogen and oxygen atoms in total. The molecular weight excluding hydrogens is 689 g/mol. The van der Waals surface area contributed by atoms with Gasteiger partial charge in [0.25, 0.3) is 0 Å². The van der Waals surface area contributed by atoms with Gasteiger partial charge >= 0.3 is 0 Å². The SMILES string of the molecule is C=C(/C=C\C=C/C)c1ccc2c(c1Nc1cccc(-c3cccc(C4=CCCC=C4)c3)c1)c1ccccc1n2-c1cccc(-c2cccc(-c3ccccc3)c2)c1. The molecule has 0 spiro atoms. The Labute approximate surface area is 335 Å². The molecule has 1 aromatic heterocycles. The number of nitrogens with zero attached hydrogens (tertiary/aromatic N) is 1. The zero-order chi connectivity index (χ0) is 38.6. The Balaban J connectivity index is 1.18. The quantitative estimate of drug-likeness (QED) is 0.139. The third kappa shape index (κ3) is 7.22. The molecule has 1 aliphatic carbocycles. The lowest BCUT2D eigenvalue weighted by atomic mass is 9.95. The topological polar surface area (TPSA) is 17.0 Å². The fourth-order valence-corrected chi connectivity index (χ4v) is 8.07. The average molecular weight is 733 g/mol. The molecule has 0 fully saturated rings. The molecular formula is C55H44N2. The van der Waals surface area contributed by atoms with Gasteiger partial charge in [-0.05, 0) is 118 Å². The van der Waals surface area contributed by atoms with Crippen LogP contribution in [0.1, 0.15) is 30.9 Å².